The van der Waals surface area contributed by atoms with Gasteiger partial charge in [0.05, 0.1) is 23.1 Å². The highest BCUT2D eigenvalue weighted by atomic mass is 32.2. The maximum Gasteiger partial charge on any atom is 0.275 e. The van der Waals surface area contributed by atoms with Gasteiger partial charge in [0, 0.05) is 11.9 Å². The van der Waals surface area contributed by atoms with Gasteiger partial charge in [-0.1, -0.05) is 6.07 Å². The van der Waals surface area contributed by atoms with E-state index in [4.69, 9.17) is 0 Å². The van der Waals surface area contributed by atoms with Crippen LogP contribution in [0.15, 0.2) is 28.0 Å². The van der Waals surface area contributed by atoms with E-state index in [2.05, 4.69) is 10.1 Å². The van der Waals surface area contributed by atoms with Gasteiger partial charge < -0.3 is 5.11 Å². The van der Waals surface area contributed by atoms with Gasteiger partial charge >= 0.3 is 0 Å². The zero-order valence-electron chi connectivity index (χ0n) is 13.5. The lowest BCUT2D eigenvalue weighted by molar-refractivity contribution is 0.477. The molecule has 2 heterocycles. The maximum absolute atomic E-state index is 12.5. The summed E-state index contributed by atoms with van der Waals surface area (Å²) in [4.78, 5) is 16.7. The number of nitrogens with zero attached hydrogens (tertiary/aromatic N) is 2. The van der Waals surface area contributed by atoms with Gasteiger partial charge in [0.25, 0.3) is 5.56 Å². The molecule has 2 aromatic rings. The van der Waals surface area contributed by atoms with Crippen LogP contribution in [0.5, 0.6) is 5.75 Å². The molecule has 1 aromatic carbocycles. The molecule has 0 amide bonds. The first-order valence-corrected chi connectivity index (χ1v) is 9.44. The van der Waals surface area contributed by atoms with E-state index < -0.39 is 9.84 Å². The van der Waals surface area contributed by atoms with Gasteiger partial charge in [-0.2, -0.15) is 0 Å². The molecule has 7 nitrogen and oxygen atoms in total. The number of aliphatic imine (C=N–C) groups is 1. The number of aryl methyl sites for hydroxylation is 2. The van der Waals surface area contributed by atoms with E-state index in [0.717, 1.165) is 5.56 Å². The molecule has 8 heteroatoms. The number of sulfone groups is 1. The third-order valence-electron chi connectivity index (χ3n) is 4.18. The van der Waals surface area contributed by atoms with E-state index in [-0.39, 0.29) is 28.9 Å². The van der Waals surface area contributed by atoms with Crippen LogP contribution < -0.4 is 5.56 Å². The lowest BCUT2D eigenvalue weighted by Gasteiger charge is -2.07. The largest absolute Gasteiger partial charge is 0.506 e. The Hall–Kier alpha value is -2.35. The highest BCUT2D eigenvalue weighted by Gasteiger charge is 2.31. The molecule has 128 valence electrons. The van der Waals surface area contributed by atoms with Gasteiger partial charge in [-0.15, -0.1) is 0 Å². The van der Waals surface area contributed by atoms with Gasteiger partial charge in [-0.05, 0) is 38.0 Å². The Balaban J connectivity index is 1.94. The second-order valence-corrected chi connectivity index (χ2v) is 8.36. The molecule has 1 aliphatic rings. The maximum atomic E-state index is 12.5. The van der Waals surface area contributed by atoms with E-state index in [1.807, 2.05) is 6.92 Å². The third kappa shape index (κ3) is 3.14. The van der Waals surface area contributed by atoms with Gasteiger partial charge in [-0.25, -0.2) is 13.1 Å². The van der Waals surface area contributed by atoms with Crippen LogP contribution in [0.25, 0.3) is 0 Å². The number of aromatic hydroxyl groups is 1. The number of aromatic nitrogens is 2. The van der Waals surface area contributed by atoms with E-state index in [1.54, 1.807) is 25.1 Å². The van der Waals surface area contributed by atoms with Crippen LogP contribution in [0, 0.1) is 13.8 Å². The number of hydrogen-bond donors (Lipinski definition) is 2. The zero-order chi connectivity index (χ0) is 17.5. The molecule has 1 unspecified atom stereocenters. The second kappa shape index (κ2) is 5.94. The van der Waals surface area contributed by atoms with Gasteiger partial charge in [0.2, 0.25) is 0 Å². The summed E-state index contributed by atoms with van der Waals surface area (Å²) in [6.07, 6.45) is 1.83. The number of aromatic amines is 1. The fourth-order valence-electron chi connectivity index (χ4n) is 2.84. The summed E-state index contributed by atoms with van der Waals surface area (Å²) in [6, 6.07) is 4.67. The molecule has 0 radical (unpaired) electrons. The molecule has 0 spiro atoms. The highest BCUT2D eigenvalue weighted by Crippen LogP contribution is 2.27. The summed E-state index contributed by atoms with van der Waals surface area (Å²) >= 11 is 0. The lowest BCUT2D eigenvalue weighted by Crippen LogP contribution is -2.25. The molecular weight excluding hydrogens is 330 g/mol. The molecule has 0 bridgehead atoms. The minimum Gasteiger partial charge on any atom is -0.506 e. The normalized spacial score (nSPS) is 20.0. The molecule has 1 fully saturated rings. The average molecular weight is 349 g/mol. The second-order valence-electron chi connectivity index (χ2n) is 6.13. The first kappa shape index (κ1) is 16.5. The number of rotatable bonds is 3. The van der Waals surface area contributed by atoms with E-state index in [9.17, 15) is 18.3 Å². The minimum atomic E-state index is -3.08. The summed E-state index contributed by atoms with van der Waals surface area (Å²) in [6.45, 7) is 3.62. The molecule has 1 aliphatic heterocycles. The Labute approximate surface area is 139 Å². The summed E-state index contributed by atoms with van der Waals surface area (Å²) in [5.41, 5.74) is 2.00. The van der Waals surface area contributed by atoms with Crippen molar-refractivity contribution in [1.82, 2.24) is 9.78 Å². The van der Waals surface area contributed by atoms with E-state index in [0.29, 0.717) is 23.4 Å². The van der Waals surface area contributed by atoms with Crippen molar-refractivity contribution in [2.24, 2.45) is 4.99 Å². The van der Waals surface area contributed by atoms with Crippen molar-refractivity contribution in [2.45, 2.75) is 26.3 Å². The standard InChI is InChI=1S/C16H19N3O4S/c1-10-3-4-15(20)14(7-10)17-8-13-11(2)18-19(16(13)21)12-5-6-24(22,23)9-12/h3-4,7-8,12,18,20H,5-6,9H2,1-2H3. The first-order chi connectivity index (χ1) is 11.3. The first-order valence-electron chi connectivity index (χ1n) is 7.62. The van der Waals surface area contributed by atoms with Crippen LogP contribution in [-0.4, -0.2) is 41.0 Å². The van der Waals surface area contributed by atoms with E-state index >= 15 is 0 Å². The molecule has 3 rings (SSSR count). The van der Waals surface area contributed by atoms with Crippen molar-refractivity contribution in [1.29, 1.82) is 0 Å². The van der Waals surface area contributed by atoms with Crippen molar-refractivity contribution in [2.75, 3.05) is 11.5 Å². The van der Waals surface area contributed by atoms with Crippen molar-refractivity contribution < 1.29 is 13.5 Å². The molecule has 1 atom stereocenters. The Morgan fingerprint density at radius 2 is 2.12 bits per heavy atom. The monoisotopic (exact) mass is 349 g/mol. The lowest BCUT2D eigenvalue weighted by atomic mass is 10.2. The third-order valence-corrected chi connectivity index (χ3v) is 5.93. The number of hydrogen-bond acceptors (Lipinski definition) is 5. The number of phenols is 1. The van der Waals surface area contributed by atoms with Crippen LogP contribution in [0.4, 0.5) is 5.69 Å². The number of phenolic OH excluding ortho intramolecular Hbond substituents is 1. The van der Waals surface area contributed by atoms with Crippen LogP contribution in [-0.2, 0) is 9.84 Å². The summed E-state index contributed by atoms with van der Waals surface area (Å²) in [5.74, 6) is 0.109. The Kier molecular flexibility index (Phi) is 4.08. The smallest absolute Gasteiger partial charge is 0.275 e. The highest BCUT2D eigenvalue weighted by molar-refractivity contribution is 7.91. The van der Waals surface area contributed by atoms with Crippen molar-refractivity contribution in [3.63, 3.8) is 0 Å². The van der Waals surface area contributed by atoms with Gasteiger partial charge in [0.15, 0.2) is 9.84 Å². The van der Waals surface area contributed by atoms with Crippen LogP contribution in [0.1, 0.15) is 29.3 Å². The number of nitrogens with one attached hydrogen (secondary N) is 1. The quantitative estimate of drug-likeness (QED) is 0.821. The molecule has 2 N–H and O–H groups in total. The van der Waals surface area contributed by atoms with Gasteiger partial charge in [-0.3, -0.25) is 14.9 Å². The minimum absolute atomic E-state index is 0.0257. The molecular formula is C16H19N3O4S. The predicted octanol–water partition coefficient (Wildman–Crippen LogP) is 1.61. The molecule has 0 saturated carbocycles. The van der Waals surface area contributed by atoms with E-state index in [1.165, 1.54) is 10.9 Å². The van der Waals surface area contributed by atoms with Crippen LogP contribution in [0.3, 0.4) is 0 Å². The molecule has 0 aliphatic carbocycles. The zero-order valence-corrected chi connectivity index (χ0v) is 14.3. The molecule has 1 aromatic heterocycles. The van der Waals surface area contributed by atoms with Crippen molar-refractivity contribution in [3.8, 4) is 5.75 Å². The van der Waals surface area contributed by atoms with Crippen LogP contribution in [0.2, 0.25) is 0 Å². The molecule has 1 saturated heterocycles. The fraction of sp³-hybridized carbons (Fsp3) is 0.375. The summed E-state index contributed by atoms with van der Waals surface area (Å²) in [7, 11) is -3.08. The molecule has 24 heavy (non-hydrogen) atoms. The summed E-state index contributed by atoms with van der Waals surface area (Å²) < 4.78 is 24.6. The number of H-pyrrole nitrogens is 1. The summed E-state index contributed by atoms with van der Waals surface area (Å²) in [5, 5.41) is 12.8. The predicted molar refractivity (Wildman–Crippen MR) is 92.2 cm³/mol. The SMILES string of the molecule is Cc1ccc(O)c(N=Cc2c(C)[nH]n(C3CCS(=O)(=O)C3)c2=O)c1. The van der Waals surface area contributed by atoms with Gasteiger partial charge in [0.1, 0.15) is 11.4 Å². The average Bonchev–Trinajstić information content (AvgIpc) is 3.00. The Morgan fingerprint density at radius 1 is 1.38 bits per heavy atom. The van der Waals surface area contributed by atoms with Crippen LogP contribution >= 0.6 is 0 Å². The number of benzene rings is 1. The Bertz CT molecular complexity index is 970. The van der Waals surface area contributed by atoms with Crippen molar-refractivity contribution >= 4 is 21.7 Å². The van der Waals surface area contributed by atoms with Crippen molar-refractivity contribution in [3.05, 3.63) is 45.4 Å². The Morgan fingerprint density at radius 3 is 2.79 bits per heavy atom. The fourth-order valence-corrected chi connectivity index (χ4v) is 4.54. The topological polar surface area (TPSA) is 105 Å².